The number of ether oxygens (including phenoxy) is 1. The molecule has 2 atom stereocenters. The van der Waals surface area contributed by atoms with Crippen molar-refractivity contribution in [3.63, 3.8) is 0 Å². The van der Waals surface area contributed by atoms with Gasteiger partial charge in [-0.05, 0) is 29.8 Å². The van der Waals surface area contributed by atoms with Crippen LogP contribution in [0.5, 0.6) is 0 Å². The average molecular weight is 366 g/mol. The first kappa shape index (κ1) is 18.2. The molecule has 0 aliphatic rings. The molecule has 24 heavy (non-hydrogen) atoms. The quantitative estimate of drug-likeness (QED) is 0.737. The molecule has 2 N–H and O–H groups in total. The van der Waals surface area contributed by atoms with Crippen molar-refractivity contribution in [1.82, 2.24) is 10.6 Å². The minimum Gasteiger partial charge on any atom is -0.469 e. The summed E-state index contributed by atoms with van der Waals surface area (Å²) >= 11 is 2.75. The van der Waals surface area contributed by atoms with E-state index < -0.39 is 18.1 Å². The molecule has 6 nitrogen and oxygen atoms in total. The average Bonchev–Trinajstić information content (AvgIpc) is 3.26. The van der Waals surface area contributed by atoms with Crippen molar-refractivity contribution < 1.29 is 19.1 Å². The van der Waals surface area contributed by atoms with Crippen LogP contribution in [0, 0.1) is 0 Å². The van der Waals surface area contributed by atoms with Gasteiger partial charge in [0.1, 0.15) is 6.04 Å². The van der Waals surface area contributed by atoms with Crippen LogP contribution in [0.3, 0.4) is 0 Å². The molecule has 2 aromatic heterocycles. The highest BCUT2D eigenvalue weighted by Crippen LogP contribution is 2.22. The van der Waals surface area contributed by atoms with E-state index >= 15 is 0 Å². The van der Waals surface area contributed by atoms with Gasteiger partial charge in [-0.25, -0.2) is 0 Å². The highest BCUT2D eigenvalue weighted by molar-refractivity contribution is 7.12. The molecule has 0 saturated heterocycles. The second kappa shape index (κ2) is 8.60. The third-order valence-corrected chi connectivity index (χ3v) is 5.14. The molecule has 0 bridgehead atoms. The summed E-state index contributed by atoms with van der Waals surface area (Å²) in [6.07, 6.45) is 0.0361. The van der Waals surface area contributed by atoms with E-state index in [0.717, 1.165) is 4.88 Å². The highest BCUT2D eigenvalue weighted by atomic mass is 32.1. The van der Waals surface area contributed by atoms with Gasteiger partial charge in [0.15, 0.2) is 0 Å². The van der Waals surface area contributed by atoms with E-state index in [2.05, 4.69) is 15.4 Å². The minimum absolute atomic E-state index is 0.0361. The lowest BCUT2D eigenvalue weighted by molar-refractivity contribution is -0.141. The molecule has 2 heterocycles. The Morgan fingerprint density at radius 3 is 2.42 bits per heavy atom. The first-order valence-corrected chi connectivity index (χ1v) is 9.02. The van der Waals surface area contributed by atoms with Crippen LogP contribution in [-0.4, -0.2) is 30.9 Å². The summed E-state index contributed by atoms with van der Waals surface area (Å²) in [6, 6.07) is 5.95. The van der Waals surface area contributed by atoms with E-state index in [4.69, 9.17) is 0 Å². The monoisotopic (exact) mass is 366 g/mol. The van der Waals surface area contributed by atoms with Gasteiger partial charge in [-0.1, -0.05) is 12.1 Å². The van der Waals surface area contributed by atoms with Gasteiger partial charge in [0.2, 0.25) is 5.91 Å². The van der Waals surface area contributed by atoms with Crippen LogP contribution in [0.25, 0.3) is 0 Å². The van der Waals surface area contributed by atoms with Gasteiger partial charge in [0.25, 0.3) is 5.91 Å². The predicted molar refractivity (Wildman–Crippen MR) is 93.1 cm³/mol. The minimum atomic E-state index is -0.722. The van der Waals surface area contributed by atoms with Gasteiger partial charge in [0, 0.05) is 4.88 Å². The predicted octanol–water partition coefficient (Wildman–Crippen LogP) is 2.35. The fourth-order valence-corrected chi connectivity index (χ4v) is 3.40. The van der Waals surface area contributed by atoms with E-state index in [0.29, 0.717) is 4.88 Å². The molecule has 0 aliphatic carbocycles. The van der Waals surface area contributed by atoms with Gasteiger partial charge in [-0.2, -0.15) is 0 Å². The van der Waals surface area contributed by atoms with Crippen molar-refractivity contribution in [1.29, 1.82) is 0 Å². The molecule has 0 radical (unpaired) electrons. The van der Waals surface area contributed by atoms with Gasteiger partial charge >= 0.3 is 5.97 Å². The number of methoxy groups -OCH3 is 1. The Balaban J connectivity index is 1.98. The molecular formula is C16H18N2O4S2. The number of amides is 2. The van der Waals surface area contributed by atoms with E-state index in [1.54, 1.807) is 24.4 Å². The van der Waals surface area contributed by atoms with Crippen LogP contribution in [0.4, 0.5) is 0 Å². The number of hydrogen-bond acceptors (Lipinski definition) is 6. The lowest BCUT2D eigenvalue weighted by atomic mass is 10.1. The van der Waals surface area contributed by atoms with Crippen molar-refractivity contribution >= 4 is 40.5 Å². The number of carbonyl (C=O) groups is 3. The van der Waals surface area contributed by atoms with E-state index in [1.807, 2.05) is 17.5 Å². The largest absolute Gasteiger partial charge is 0.469 e. The summed E-state index contributed by atoms with van der Waals surface area (Å²) in [5.74, 6) is -1.07. The van der Waals surface area contributed by atoms with E-state index in [-0.39, 0.29) is 18.2 Å². The molecule has 0 aromatic carbocycles. The molecule has 0 fully saturated rings. The number of rotatable bonds is 7. The summed E-state index contributed by atoms with van der Waals surface area (Å²) in [5, 5.41) is 9.10. The molecule has 0 saturated carbocycles. The van der Waals surface area contributed by atoms with Gasteiger partial charge in [-0.15, -0.1) is 22.7 Å². The lowest BCUT2D eigenvalue weighted by Gasteiger charge is -2.20. The maximum Gasteiger partial charge on any atom is 0.307 e. The van der Waals surface area contributed by atoms with Crippen LogP contribution in [0.2, 0.25) is 0 Å². The molecule has 2 rings (SSSR count). The Hall–Kier alpha value is -2.19. The third-order valence-electron chi connectivity index (χ3n) is 3.29. The lowest BCUT2D eigenvalue weighted by Crippen LogP contribution is -2.46. The molecular weight excluding hydrogens is 348 g/mol. The van der Waals surface area contributed by atoms with Gasteiger partial charge < -0.3 is 15.4 Å². The Morgan fingerprint density at radius 2 is 1.83 bits per heavy atom. The first-order chi connectivity index (χ1) is 11.5. The molecule has 2 unspecified atom stereocenters. The first-order valence-electron chi connectivity index (χ1n) is 7.26. The standard InChI is InChI=1S/C16H18N2O4S2/c1-10(17-16(21)13-6-4-8-24-13)15(20)18-11(9-14(19)22-2)12-5-3-7-23-12/h3-8,10-11H,9H2,1-2H3,(H,17,21)(H,18,20). The third kappa shape index (κ3) is 4.90. The maximum absolute atomic E-state index is 12.4. The number of hydrogen-bond donors (Lipinski definition) is 2. The number of esters is 1. The number of thiophene rings is 2. The van der Waals surface area contributed by atoms with Gasteiger partial charge in [0.05, 0.1) is 24.4 Å². The highest BCUT2D eigenvalue weighted by Gasteiger charge is 2.24. The molecule has 8 heteroatoms. The zero-order valence-electron chi connectivity index (χ0n) is 13.3. The fraction of sp³-hybridized carbons (Fsp3) is 0.312. The Labute approximate surface area is 147 Å². The molecule has 0 aliphatic heterocycles. The van der Waals surface area contributed by atoms with Crippen LogP contribution < -0.4 is 10.6 Å². The summed E-state index contributed by atoms with van der Waals surface area (Å²) in [4.78, 5) is 37.3. The zero-order chi connectivity index (χ0) is 17.5. The molecule has 2 aromatic rings. The molecule has 2 amide bonds. The zero-order valence-corrected chi connectivity index (χ0v) is 14.9. The topological polar surface area (TPSA) is 84.5 Å². The maximum atomic E-state index is 12.4. The summed E-state index contributed by atoms with van der Waals surface area (Å²) in [7, 11) is 1.31. The second-order valence-corrected chi connectivity index (χ2v) is 6.96. The Kier molecular flexibility index (Phi) is 6.51. The molecule has 0 spiro atoms. The Bertz CT molecular complexity index is 683. The van der Waals surface area contributed by atoms with Crippen molar-refractivity contribution in [2.75, 3.05) is 7.11 Å². The summed E-state index contributed by atoms with van der Waals surface area (Å²) in [6.45, 7) is 1.60. The van der Waals surface area contributed by atoms with Crippen molar-refractivity contribution in [2.24, 2.45) is 0 Å². The van der Waals surface area contributed by atoms with Gasteiger partial charge in [-0.3, -0.25) is 14.4 Å². The van der Waals surface area contributed by atoms with Crippen molar-refractivity contribution in [3.8, 4) is 0 Å². The van der Waals surface area contributed by atoms with Crippen molar-refractivity contribution in [2.45, 2.75) is 25.4 Å². The van der Waals surface area contributed by atoms with E-state index in [1.165, 1.54) is 29.8 Å². The SMILES string of the molecule is COC(=O)CC(NC(=O)C(C)NC(=O)c1cccs1)c1cccs1. The van der Waals surface area contributed by atoms with E-state index in [9.17, 15) is 14.4 Å². The van der Waals surface area contributed by atoms with Crippen LogP contribution in [-0.2, 0) is 14.3 Å². The summed E-state index contributed by atoms with van der Waals surface area (Å²) in [5.41, 5.74) is 0. The fourth-order valence-electron chi connectivity index (χ4n) is 2.00. The molecule has 128 valence electrons. The van der Waals surface area contributed by atoms with Crippen molar-refractivity contribution in [3.05, 3.63) is 44.8 Å². The number of nitrogens with one attached hydrogen (secondary N) is 2. The van der Waals surface area contributed by atoms with Crippen LogP contribution in [0.15, 0.2) is 35.0 Å². The number of carbonyl (C=O) groups excluding carboxylic acids is 3. The smallest absolute Gasteiger partial charge is 0.307 e. The second-order valence-electron chi connectivity index (χ2n) is 5.03. The van der Waals surface area contributed by atoms with Crippen LogP contribution >= 0.6 is 22.7 Å². The normalized spacial score (nSPS) is 12.9. The Morgan fingerprint density at radius 1 is 1.12 bits per heavy atom. The summed E-state index contributed by atoms with van der Waals surface area (Å²) < 4.78 is 4.68. The van der Waals surface area contributed by atoms with Crippen LogP contribution in [0.1, 0.15) is 33.9 Å².